The van der Waals surface area contributed by atoms with Crippen LogP contribution < -0.4 is 10.2 Å². The van der Waals surface area contributed by atoms with E-state index in [-0.39, 0.29) is 19.2 Å². The smallest absolute Gasteiger partial charge is 0.408 e. The number of hydrogen-bond donors (Lipinski definition) is 2. The van der Waals surface area contributed by atoms with Gasteiger partial charge in [0.1, 0.15) is 36.7 Å². The van der Waals surface area contributed by atoms with Crippen LogP contribution in [0, 0.1) is 0 Å². The molecule has 3 atom stereocenters. The molecular weight excluding hydrogens is 664 g/mol. The van der Waals surface area contributed by atoms with Gasteiger partial charge in [-0.05, 0) is 50.4 Å². The third-order valence-electron chi connectivity index (χ3n) is 7.55. The number of rotatable bonds is 17. The molecule has 4 rings (SSSR count). The zero-order valence-electron chi connectivity index (χ0n) is 29.6. The highest BCUT2D eigenvalue weighted by Crippen LogP contribution is 2.25. The lowest BCUT2D eigenvalue weighted by atomic mass is 10.1. The Morgan fingerprint density at radius 3 is 2.56 bits per heavy atom. The first-order chi connectivity index (χ1) is 23.7. The van der Waals surface area contributed by atoms with Crippen LogP contribution in [0.3, 0.4) is 0 Å². The normalized spacial score (nSPS) is 16.0. The number of alkyl carbamates (subject to hydrolysis) is 1. The number of H-pyrrole nitrogens is 1. The Kier molecular flexibility index (Phi) is 13.2. The van der Waals surface area contributed by atoms with Crippen molar-refractivity contribution in [3.05, 3.63) is 54.1 Å². The van der Waals surface area contributed by atoms with Gasteiger partial charge in [0.15, 0.2) is 11.9 Å². The summed E-state index contributed by atoms with van der Waals surface area (Å²) in [6.45, 7) is 12.6. The van der Waals surface area contributed by atoms with Crippen LogP contribution in [0.2, 0.25) is 25.7 Å². The summed E-state index contributed by atoms with van der Waals surface area (Å²) in [7, 11) is -1.30. The molecule has 17 heteroatoms. The Morgan fingerprint density at radius 1 is 1.12 bits per heavy atom. The molecule has 50 heavy (non-hydrogen) atoms. The lowest BCUT2D eigenvalue weighted by Gasteiger charge is -2.24. The Hall–Kier alpha value is -4.64. The molecule has 0 saturated carbocycles. The maximum absolute atomic E-state index is 13.5. The van der Waals surface area contributed by atoms with Crippen LogP contribution in [0.4, 0.5) is 10.7 Å². The van der Waals surface area contributed by atoms with Gasteiger partial charge in [0.25, 0.3) is 5.95 Å². The van der Waals surface area contributed by atoms with Crippen LogP contribution in [-0.4, -0.2) is 99.5 Å². The number of aromatic amines is 1. The number of benzene rings is 1. The van der Waals surface area contributed by atoms with Crippen molar-refractivity contribution in [3.8, 4) is 0 Å². The number of carbonyl (C=O) groups is 4. The number of tetrazole rings is 1. The molecule has 1 fully saturated rings. The molecule has 16 nitrogen and oxygen atoms in total. The minimum atomic E-state index is -1.30. The molecule has 3 aromatic rings. The van der Waals surface area contributed by atoms with Gasteiger partial charge >= 0.3 is 18.0 Å². The van der Waals surface area contributed by atoms with E-state index in [1.54, 1.807) is 50.2 Å². The number of nitrogens with one attached hydrogen (secondary N) is 2. The van der Waals surface area contributed by atoms with Crippen molar-refractivity contribution in [3.63, 3.8) is 0 Å². The molecule has 2 aromatic heterocycles. The number of amides is 1. The number of Topliss-reactive ketones (excluding diaryl/α,β-unsaturated/α-hetero) is 1. The average molecular weight is 713 g/mol. The summed E-state index contributed by atoms with van der Waals surface area (Å²) in [6, 6.07) is 8.02. The molecule has 3 heterocycles. The Bertz CT molecular complexity index is 1560. The molecule has 1 saturated heterocycles. The largest absolute Gasteiger partial charge is 0.460 e. The van der Waals surface area contributed by atoms with Crippen LogP contribution in [0.25, 0.3) is 0 Å². The molecule has 2 N–H and O–H groups in total. The second-order valence-corrected chi connectivity index (χ2v) is 19.9. The van der Waals surface area contributed by atoms with Gasteiger partial charge in [0.05, 0.1) is 13.0 Å². The maximum Gasteiger partial charge on any atom is 0.408 e. The van der Waals surface area contributed by atoms with E-state index in [0.29, 0.717) is 31.8 Å². The van der Waals surface area contributed by atoms with Crippen LogP contribution in [0.15, 0.2) is 42.7 Å². The topological polar surface area (TPSA) is 193 Å². The summed E-state index contributed by atoms with van der Waals surface area (Å²) in [5.41, 5.74) is -0.0455. The van der Waals surface area contributed by atoms with E-state index in [9.17, 15) is 19.2 Å². The maximum atomic E-state index is 13.5. The first kappa shape index (κ1) is 38.2. The van der Waals surface area contributed by atoms with E-state index in [1.165, 1.54) is 0 Å². The number of carbonyl (C=O) groups excluding carboxylic acids is 4. The summed E-state index contributed by atoms with van der Waals surface area (Å²) in [6.07, 6.45) is 2.39. The third kappa shape index (κ3) is 12.4. The summed E-state index contributed by atoms with van der Waals surface area (Å²) >= 11 is 0. The molecule has 0 spiro atoms. The van der Waals surface area contributed by atoms with Gasteiger partial charge in [0, 0.05) is 33.6 Å². The number of ketones is 1. The van der Waals surface area contributed by atoms with Crippen LogP contribution >= 0.6 is 0 Å². The predicted octanol–water partition coefficient (Wildman–Crippen LogP) is 3.60. The van der Waals surface area contributed by atoms with Crippen molar-refractivity contribution in [2.75, 3.05) is 24.7 Å². The number of imidazole rings is 1. The monoisotopic (exact) mass is 712 g/mol. The van der Waals surface area contributed by atoms with E-state index in [0.717, 1.165) is 16.4 Å². The van der Waals surface area contributed by atoms with E-state index in [2.05, 4.69) is 50.3 Å². The summed E-state index contributed by atoms with van der Waals surface area (Å²) in [4.78, 5) is 62.2. The Balaban J connectivity index is 1.39. The van der Waals surface area contributed by atoms with Gasteiger partial charge in [-0.2, -0.15) is 4.80 Å². The quantitative estimate of drug-likeness (QED) is 0.0894. The number of esters is 2. The summed E-state index contributed by atoms with van der Waals surface area (Å²) in [5, 5.41) is 14.9. The van der Waals surface area contributed by atoms with E-state index in [4.69, 9.17) is 18.9 Å². The lowest BCUT2D eigenvalue weighted by molar-refractivity contribution is -0.156. The zero-order valence-corrected chi connectivity index (χ0v) is 30.6. The summed E-state index contributed by atoms with van der Waals surface area (Å²) in [5.74, 6) is -1.13. The zero-order chi connectivity index (χ0) is 36.3. The number of hydrogen-bond acceptors (Lipinski definition) is 13. The van der Waals surface area contributed by atoms with Gasteiger partial charge < -0.3 is 34.1 Å². The standard InChI is InChI=1S/C33H48N8O8Si/c1-33(2,3)49-28(43)19-24(36-32(45)47-21-23-11-8-7-9-12-23)26(42)20-41-38-31(37-39-41)40-16-10-13-25(40)30(44)48-27(29-34-14-15-35-29)22-46-17-18-50(4,5)6/h7-9,11-12,14-15,24-25,27H,10,13,16-22H2,1-6H3,(H,34,35)(H,36,45)/t24?,25-,27?/m1/s1. The Labute approximate surface area is 292 Å². The SMILES string of the molecule is CC(C)(C)OC(=O)CC(NC(=O)OCc1ccccc1)C(=O)Cn1nnc(N2CCC[C@@H]2C(=O)OC(COCC[Si](C)(C)C)c2ncc[nH]2)n1. The Morgan fingerprint density at radius 2 is 1.88 bits per heavy atom. The van der Waals surface area contributed by atoms with E-state index < -0.39 is 68.6 Å². The number of ether oxygens (including phenoxy) is 4. The molecule has 1 aliphatic rings. The molecule has 272 valence electrons. The minimum Gasteiger partial charge on any atom is -0.460 e. The highest BCUT2D eigenvalue weighted by atomic mass is 28.3. The third-order valence-corrected chi connectivity index (χ3v) is 9.26. The highest BCUT2D eigenvalue weighted by molar-refractivity contribution is 6.76. The van der Waals surface area contributed by atoms with Crippen molar-refractivity contribution in [1.29, 1.82) is 0 Å². The first-order valence-electron chi connectivity index (χ1n) is 16.7. The fourth-order valence-corrected chi connectivity index (χ4v) is 5.79. The van der Waals surface area contributed by atoms with Crippen molar-refractivity contribution < 1.29 is 38.1 Å². The molecule has 0 bridgehead atoms. The van der Waals surface area contributed by atoms with Gasteiger partial charge in [-0.25, -0.2) is 14.6 Å². The molecule has 0 aliphatic carbocycles. The van der Waals surface area contributed by atoms with Crippen molar-refractivity contribution in [1.82, 2.24) is 35.5 Å². The van der Waals surface area contributed by atoms with Gasteiger partial charge in [-0.1, -0.05) is 55.1 Å². The molecule has 2 unspecified atom stereocenters. The van der Waals surface area contributed by atoms with Crippen molar-refractivity contribution in [2.24, 2.45) is 0 Å². The average Bonchev–Trinajstić information content (AvgIpc) is 3.83. The van der Waals surface area contributed by atoms with Gasteiger partial charge in [-0.15, -0.1) is 5.10 Å². The number of aromatic nitrogens is 6. The van der Waals surface area contributed by atoms with Gasteiger partial charge in [-0.3, -0.25) is 9.59 Å². The fraction of sp³-hybridized carbons (Fsp3) is 0.576. The van der Waals surface area contributed by atoms with Crippen LogP contribution in [-0.2, 0) is 46.5 Å². The number of anilines is 1. The fourth-order valence-electron chi connectivity index (χ4n) is 5.03. The molecule has 1 aromatic carbocycles. The van der Waals surface area contributed by atoms with Crippen molar-refractivity contribution in [2.45, 2.75) is 103 Å². The van der Waals surface area contributed by atoms with Crippen LogP contribution in [0.5, 0.6) is 0 Å². The predicted molar refractivity (Wildman–Crippen MR) is 184 cm³/mol. The van der Waals surface area contributed by atoms with Crippen LogP contribution in [0.1, 0.15) is 57.5 Å². The van der Waals surface area contributed by atoms with E-state index in [1.807, 2.05) is 18.2 Å². The minimum absolute atomic E-state index is 0.0265. The first-order valence-corrected chi connectivity index (χ1v) is 20.4. The van der Waals surface area contributed by atoms with Gasteiger partial charge in [0.2, 0.25) is 0 Å². The molecule has 1 aliphatic heterocycles. The highest BCUT2D eigenvalue weighted by Gasteiger charge is 2.37. The molecular formula is C33H48N8O8Si. The lowest BCUT2D eigenvalue weighted by Crippen LogP contribution is -2.45. The van der Waals surface area contributed by atoms with E-state index >= 15 is 0 Å². The molecule has 0 radical (unpaired) electrons. The molecule has 1 amide bonds. The summed E-state index contributed by atoms with van der Waals surface area (Å²) < 4.78 is 22.4. The second kappa shape index (κ2) is 17.3. The second-order valence-electron chi connectivity index (χ2n) is 14.3. The van der Waals surface area contributed by atoms with Crippen molar-refractivity contribution >= 4 is 37.8 Å². The number of nitrogens with zero attached hydrogens (tertiary/aromatic N) is 6.